The van der Waals surface area contributed by atoms with E-state index in [1.807, 2.05) is 45.0 Å². The Bertz CT molecular complexity index is 1250. The normalized spacial score (nSPS) is 20.9. The third-order valence-electron chi connectivity index (χ3n) is 7.78. The van der Waals surface area contributed by atoms with Crippen molar-refractivity contribution < 1.29 is 19.0 Å². The first-order valence-corrected chi connectivity index (χ1v) is 15.6. The van der Waals surface area contributed by atoms with Gasteiger partial charge in [-0.15, -0.1) is 0 Å². The van der Waals surface area contributed by atoms with E-state index in [0.29, 0.717) is 62.1 Å². The molecular formula is C32H45ClN6O4. The highest BCUT2D eigenvalue weighted by Gasteiger charge is 2.32. The first-order chi connectivity index (χ1) is 20.5. The minimum Gasteiger partial charge on any atom is -0.458 e. The Hall–Kier alpha value is -2.97. The average molecular weight is 613 g/mol. The number of hydrogen-bond donors (Lipinski definition) is 3. The molecule has 10 nitrogen and oxygen atoms in total. The number of aromatic nitrogens is 2. The van der Waals surface area contributed by atoms with E-state index >= 15 is 0 Å². The number of nitrogens with one attached hydrogen (secondary N) is 3. The number of rotatable bonds is 12. The van der Waals surface area contributed by atoms with Gasteiger partial charge in [-0.1, -0.05) is 17.7 Å². The van der Waals surface area contributed by atoms with E-state index in [-0.39, 0.29) is 18.6 Å². The van der Waals surface area contributed by atoms with Crippen molar-refractivity contribution in [3.63, 3.8) is 0 Å². The highest BCUT2D eigenvalue weighted by Crippen LogP contribution is 2.32. The van der Waals surface area contributed by atoms with Crippen LogP contribution in [0.2, 0.25) is 5.02 Å². The van der Waals surface area contributed by atoms with Gasteiger partial charge < -0.3 is 30.2 Å². The van der Waals surface area contributed by atoms with Crippen LogP contribution >= 0.6 is 11.6 Å². The molecule has 0 aromatic carbocycles. The minimum absolute atomic E-state index is 0.0376. The molecule has 2 aromatic heterocycles. The van der Waals surface area contributed by atoms with E-state index in [1.54, 1.807) is 6.20 Å². The maximum absolute atomic E-state index is 11.8. The molecular weight excluding hydrogens is 568 g/mol. The van der Waals surface area contributed by atoms with E-state index < -0.39 is 11.0 Å². The number of anilines is 2. The van der Waals surface area contributed by atoms with E-state index in [4.69, 9.17) is 30.8 Å². The number of carbonyl (C=O) groups excluding carboxylic acids is 1. The summed E-state index contributed by atoms with van der Waals surface area (Å²) in [6.07, 6.45) is 7.16. The maximum atomic E-state index is 11.8. The quantitative estimate of drug-likeness (QED) is 0.261. The summed E-state index contributed by atoms with van der Waals surface area (Å²) in [4.78, 5) is 21.2. The molecule has 0 amide bonds. The summed E-state index contributed by atoms with van der Waals surface area (Å²) in [6, 6.07) is 11.1. The number of hydrogen-bond acceptors (Lipinski definition) is 10. The lowest BCUT2D eigenvalue weighted by atomic mass is 9.82. The van der Waals surface area contributed by atoms with Gasteiger partial charge in [-0.3, -0.25) is 0 Å². The van der Waals surface area contributed by atoms with E-state index in [9.17, 15) is 10.1 Å². The summed E-state index contributed by atoms with van der Waals surface area (Å²) in [5.41, 5.74) is 0.602. The predicted octanol–water partition coefficient (Wildman–Crippen LogP) is 5.59. The van der Waals surface area contributed by atoms with Gasteiger partial charge in [0.05, 0.1) is 28.8 Å². The van der Waals surface area contributed by atoms with Gasteiger partial charge in [-0.25, -0.2) is 14.8 Å². The Balaban J connectivity index is 1.25. The third kappa shape index (κ3) is 10.3. The fourth-order valence-electron chi connectivity index (χ4n) is 5.50. The second-order valence-electron chi connectivity index (χ2n) is 12.7. The lowest BCUT2D eigenvalue weighted by Gasteiger charge is -2.32. The average Bonchev–Trinajstić information content (AvgIpc) is 2.98. The van der Waals surface area contributed by atoms with Crippen molar-refractivity contribution in [3.8, 4) is 17.3 Å². The summed E-state index contributed by atoms with van der Waals surface area (Å²) in [6.45, 7) is 9.76. The smallest absolute Gasteiger partial charge is 0.332 e. The molecule has 1 aliphatic heterocycles. The molecule has 3 heterocycles. The van der Waals surface area contributed by atoms with Gasteiger partial charge in [-0.05, 0) is 84.4 Å². The summed E-state index contributed by atoms with van der Waals surface area (Å²) in [7, 11) is 0. The molecule has 1 atom stereocenters. The second kappa shape index (κ2) is 15.2. The first-order valence-electron chi connectivity index (χ1n) is 15.2. The molecule has 1 unspecified atom stereocenters. The van der Waals surface area contributed by atoms with Crippen LogP contribution in [-0.4, -0.2) is 72.6 Å². The van der Waals surface area contributed by atoms with Crippen molar-refractivity contribution in [2.45, 2.75) is 89.9 Å². The van der Waals surface area contributed by atoms with Crippen molar-refractivity contribution in [2.24, 2.45) is 5.41 Å². The van der Waals surface area contributed by atoms with Crippen LogP contribution in [0.3, 0.4) is 0 Å². The minimum atomic E-state index is -0.506. The molecule has 1 saturated carbocycles. The zero-order chi connectivity index (χ0) is 30.9. The van der Waals surface area contributed by atoms with Crippen LogP contribution in [0.25, 0.3) is 11.3 Å². The molecule has 0 spiro atoms. The number of nitrogens with zero attached hydrogens (tertiary/aromatic N) is 3. The zero-order valence-electron chi connectivity index (χ0n) is 25.7. The Morgan fingerprint density at radius 2 is 1.91 bits per heavy atom. The van der Waals surface area contributed by atoms with Gasteiger partial charge >= 0.3 is 5.97 Å². The van der Waals surface area contributed by atoms with Gasteiger partial charge in [-0.2, -0.15) is 5.26 Å². The second-order valence-corrected chi connectivity index (χ2v) is 13.1. The van der Waals surface area contributed by atoms with Crippen LogP contribution in [-0.2, 0) is 19.0 Å². The van der Waals surface area contributed by atoms with Crippen LogP contribution in [0.4, 0.5) is 11.6 Å². The van der Waals surface area contributed by atoms with Gasteiger partial charge in [0, 0.05) is 49.6 Å². The number of esters is 1. The molecule has 2 aliphatic rings. The summed E-state index contributed by atoms with van der Waals surface area (Å²) >= 11 is 6.57. The summed E-state index contributed by atoms with van der Waals surface area (Å²) < 4.78 is 16.3. The Morgan fingerprint density at radius 1 is 1.19 bits per heavy atom. The van der Waals surface area contributed by atoms with Crippen LogP contribution in [0.15, 0.2) is 30.5 Å². The van der Waals surface area contributed by atoms with Gasteiger partial charge in [0.15, 0.2) is 0 Å². The number of nitriles is 1. The van der Waals surface area contributed by atoms with Crippen molar-refractivity contribution in [1.29, 1.82) is 5.26 Å². The molecule has 1 aliphatic carbocycles. The highest BCUT2D eigenvalue weighted by molar-refractivity contribution is 6.33. The molecule has 1 saturated heterocycles. The number of pyridine rings is 2. The van der Waals surface area contributed by atoms with Gasteiger partial charge in [0.1, 0.15) is 23.8 Å². The summed E-state index contributed by atoms with van der Waals surface area (Å²) in [5, 5.41) is 20.9. The Kier molecular flexibility index (Phi) is 11.6. The zero-order valence-corrected chi connectivity index (χ0v) is 26.5. The van der Waals surface area contributed by atoms with Gasteiger partial charge in [0.25, 0.3) is 0 Å². The monoisotopic (exact) mass is 612 g/mol. The van der Waals surface area contributed by atoms with E-state index in [2.05, 4.69) is 33.9 Å². The number of carbonyl (C=O) groups is 1. The number of ether oxygens (including phenoxy) is 3. The van der Waals surface area contributed by atoms with Crippen LogP contribution in [0.5, 0.6) is 0 Å². The van der Waals surface area contributed by atoms with Crippen LogP contribution in [0, 0.1) is 16.7 Å². The largest absolute Gasteiger partial charge is 0.458 e. The van der Waals surface area contributed by atoms with Crippen molar-refractivity contribution in [2.75, 3.05) is 43.6 Å². The molecule has 0 bridgehead atoms. The summed E-state index contributed by atoms with van der Waals surface area (Å²) in [5.74, 6) is 1.13. The lowest BCUT2D eigenvalue weighted by Crippen LogP contribution is -2.43. The van der Waals surface area contributed by atoms with E-state index in [0.717, 1.165) is 42.8 Å². The molecule has 3 N–H and O–H groups in total. The third-order valence-corrected chi connectivity index (χ3v) is 8.08. The molecule has 11 heteroatoms. The lowest BCUT2D eigenvalue weighted by molar-refractivity contribution is -0.160. The molecule has 234 valence electrons. The number of halogens is 1. The van der Waals surface area contributed by atoms with Crippen molar-refractivity contribution >= 4 is 29.2 Å². The van der Waals surface area contributed by atoms with Crippen LogP contribution in [0.1, 0.15) is 66.2 Å². The first kappa shape index (κ1) is 32.9. The predicted molar refractivity (Wildman–Crippen MR) is 168 cm³/mol. The Labute approximate surface area is 260 Å². The highest BCUT2D eigenvalue weighted by atomic mass is 35.5. The molecule has 2 aromatic rings. The van der Waals surface area contributed by atoms with Crippen molar-refractivity contribution in [1.82, 2.24) is 15.3 Å². The van der Waals surface area contributed by atoms with Gasteiger partial charge in [0.2, 0.25) is 0 Å². The molecule has 43 heavy (non-hydrogen) atoms. The van der Waals surface area contributed by atoms with Crippen LogP contribution < -0.4 is 16.0 Å². The standard InChI is InChI=1S/C32H45ClN6O4/c1-22(18-42-19-30(40)43-31(2,3)4)37-23-8-10-24(11-9-23)38-29-16-25(26(33)17-35-29)27-6-5-7-28(39-27)36-21-32(20-34)12-14-41-15-13-32/h5-7,16-17,22-24,37H,8-15,18-19,21H2,1-4H3,(H,35,38)(H,36,39). The molecule has 4 rings (SSSR count). The van der Waals surface area contributed by atoms with E-state index in [1.165, 1.54) is 0 Å². The van der Waals surface area contributed by atoms with Crippen molar-refractivity contribution in [3.05, 3.63) is 35.5 Å². The maximum Gasteiger partial charge on any atom is 0.332 e. The fraction of sp³-hybridized carbons (Fsp3) is 0.625. The molecule has 0 radical (unpaired) electrons. The topological polar surface area (TPSA) is 130 Å². The fourth-order valence-corrected chi connectivity index (χ4v) is 5.70. The Morgan fingerprint density at radius 3 is 2.60 bits per heavy atom. The molecule has 2 fully saturated rings. The SMILES string of the molecule is CC(COCC(=O)OC(C)(C)C)NC1CCC(Nc2cc(-c3cccc(NCC4(C#N)CCOCC4)n3)c(Cl)cn2)CC1.